The minimum absolute atomic E-state index is 0.508. The van der Waals surface area contributed by atoms with Crippen LogP contribution in [-0.2, 0) is 4.79 Å². The number of carboxylic acids is 1. The van der Waals surface area contributed by atoms with E-state index in [9.17, 15) is 4.79 Å². The van der Waals surface area contributed by atoms with Gasteiger partial charge in [-0.1, -0.05) is 12.1 Å². The number of nitrogens with zero attached hydrogens (tertiary/aromatic N) is 1. The lowest BCUT2D eigenvalue weighted by atomic mass is 10.0. The molecule has 3 N–H and O–H groups in total. The summed E-state index contributed by atoms with van der Waals surface area (Å²) in [6.07, 6.45) is 0. The normalized spacial score (nSPS) is 11.8. The van der Waals surface area contributed by atoms with Gasteiger partial charge in [0.2, 0.25) is 0 Å². The molecule has 1 rings (SSSR count). The molecule has 0 saturated heterocycles. The quantitative estimate of drug-likeness (QED) is 0.726. The van der Waals surface area contributed by atoms with Gasteiger partial charge in [0, 0.05) is 0 Å². The lowest BCUT2D eigenvalue weighted by molar-refractivity contribution is -0.138. The average molecular weight is 190 g/mol. The van der Waals surface area contributed by atoms with Crippen LogP contribution in [0.2, 0.25) is 0 Å². The van der Waals surface area contributed by atoms with E-state index < -0.39 is 12.0 Å². The zero-order valence-corrected chi connectivity index (χ0v) is 7.69. The van der Waals surface area contributed by atoms with Crippen LogP contribution in [0.15, 0.2) is 18.2 Å². The summed E-state index contributed by atoms with van der Waals surface area (Å²) in [7, 11) is 0. The Bertz CT molecular complexity index is 407. The Morgan fingerprint density at radius 1 is 1.64 bits per heavy atom. The van der Waals surface area contributed by atoms with E-state index in [0.29, 0.717) is 11.1 Å². The Morgan fingerprint density at radius 3 is 2.71 bits per heavy atom. The summed E-state index contributed by atoms with van der Waals surface area (Å²) in [6, 6.07) is 5.73. The van der Waals surface area contributed by atoms with E-state index in [1.165, 1.54) is 0 Å². The van der Waals surface area contributed by atoms with Gasteiger partial charge in [0.15, 0.2) is 0 Å². The third-order valence-electron chi connectivity index (χ3n) is 2.00. The number of nitrogens with two attached hydrogens (primary N) is 1. The van der Waals surface area contributed by atoms with Crippen LogP contribution in [0.3, 0.4) is 0 Å². The highest BCUT2D eigenvalue weighted by atomic mass is 16.4. The molecule has 4 nitrogen and oxygen atoms in total. The van der Waals surface area contributed by atoms with Crippen LogP contribution in [0.4, 0.5) is 0 Å². The number of nitriles is 1. The highest BCUT2D eigenvalue weighted by molar-refractivity contribution is 5.75. The second-order valence-electron chi connectivity index (χ2n) is 3.00. The average Bonchev–Trinajstić information content (AvgIpc) is 2.16. The molecule has 1 aromatic carbocycles. The SMILES string of the molecule is Cc1cc(C(N)C(=O)O)ccc1C#N. The second kappa shape index (κ2) is 3.90. The van der Waals surface area contributed by atoms with Crippen molar-refractivity contribution in [3.05, 3.63) is 34.9 Å². The Kier molecular flexibility index (Phi) is 2.85. The molecular weight excluding hydrogens is 180 g/mol. The first-order valence-corrected chi connectivity index (χ1v) is 4.05. The molecule has 0 heterocycles. The summed E-state index contributed by atoms with van der Waals surface area (Å²) in [5.41, 5.74) is 7.20. The number of benzene rings is 1. The summed E-state index contributed by atoms with van der Waals surface area (Å²) in [5.74, 6) is -1.07. The van der Waals surface area contributed by atoms with Crippen molar-refractivity contribution in [2.45, 2.75) is 13.0 Å². The summed E-state index contributed by atoms with van der Waals surface area (Å²) in [5, 5.41) is 17.3. The largest absolute Gasteiger partial charge is 0.480 e. The van der Waals surface area contributed by atoms with Crippen molar-refractivity contribution in [1.29, 1.82) is 5.26 Å². The third kappa shape index (κ3) is 1.90. The standard InChI is InChI=1S/C10H10N2O2/c1-6-4-7(9(12)10(13)14)2-3-8(6)5-11/h2-4,9H,12H2,1H3,(H,13,14). The van der Waals surface area contributed by atoms with Gasteiger partial charge in [-0.3, -0.25) is 4.79 Å². The molecule has 0 aliphatic carbocycles. The Balaban J connectivity index is 3.10. The molecule has 1 atom stereocenters. The van der Waals surface area contributed by atoms with Crippen molar-refractivity contribution in [2.24, 2.45) is 5.73 Å². The van der Waals surface area contributed by atoms with Crippen molar-refractivity contribution in [1.82, 2.24) is 0 Å². The molecule has 0 amide bonds. The van der Waals surface area contributed by atoms with Crippen LogP contribution >= 0.6 is 0 Å². The minimum atomic E-state index is -1.07. The van der Waals surface area contributed by atoms with Gasteiger partial charge in [0.1, 0.15) is 6.04 Å². The molecule has 1 aromatic rings. The molecule has 0 aliphatic rings. The fourth-order valence-corrected chi connectivity index (χ4v) is 1.15. The predicted octanol–water partition coefficient (Wildman–Crippen LogP) is 0.951. The zero-order valence-electron chi connectivity index (χ0n) is 7.69. The van der Waals surface area contributed by atoms with Crippen molar-refractivity contribution in [3.63, 3.8) is 0 Å². The van der Waals surface area contributed by atoms with Crippen LogP contribution in [0.1, 0.15) is 22.7 Å². The highest BCUT2D eigenvalue weighted by Crippen LogP contribution is 2.15. The fourth-order valence-electron chi connectivity index (χ4n) is 1.15. The number of carboxylic acid groups (broad SMARTS) is 1. The molecule has 0 bridgehead atoms. The topological polar surface area (TPSA) is 87.1 Å². The molecule has 14 heavy (non-hydrogen) atoms. The first-order chi connectivity index (χ1) is 6.56. The number of carbonyl (C=O) groups is 1. The van der Waals surface area contributed by atoms with Gasteiger partial charge in [0.05, 0.1) is 11.6 Å². The molecule has 4 heteroatoms. The number of hydrogen-bond acceptors (Lipinski definition) is 3. The van der Waals surface area contributed by atoms with E-state index in [1.807, 2.05) is 6.07 Å². The Hall–Kier alpha value is -1.86. The maximum Gasteiger partial charge on any atom is 0.325 e. The molecule has 0 spiro atoms. The van der Waals surface area contributed by atoms with Crippen LogP contribution in [-0.4, -0.2) is 11.1 Å². The second-order valence-corrected chi connectivity index (χ2v) is 3.00. The predicted molar refractivity (Wildman–Crippen MR) is 50.5 cm³/mol. The maximum atomic E-state index is 10.6. The monoisotopic (exact) mass is 190 g/mol. The van der Waals surface area contributed by atoms with E-state index in [1.54, 1.807) is 25.1 Å². The summed E-state index contributed by atoms with van der Waals surface area (Å²) < 4.78 is 0. The molecule has 0 radical (unpaired) electrons. The van der Waals surface area contributed by atoms with E-state index in [0.717, 1.165) is 5.56 Å². The van der Waals surface area contributed by atoms with Gasteiger partial charge < -0.3 is 10.8 Å². The van der Waals surface area contributed by atoms with Gasteiger partial charge in [-0.25, -0.2) is 0 Å². The zero-order chi connectivity index (χ0) is 10.7. The van der Waals surface area contributed by atoms with Crippen LogP contribution in [0, 0.1) is 18.3 Å². The van der Waals surface area contributed by atoms with Gasteiger partial charge in [-0.15, -0.1) is 0 Å². The van der Waals surface area contributed by atoms with Crippen LogP contribution in [0.5, 0.6) is 0 Å². The van der Waals surface area contributed by atoms with Crippen molar-refractivity contribution < 1.29 is 9.90 Å². The molecule has 0 aromatic heterocycles. The van der Waals surface area contributed by atoms with E-state index >= 15 is 0 Å². The van der Waals surface area contributed by atoms with E-state index in [-0.39, 0.29) is 0 Å². The Labute approximate surface area is 81.6 Å². The third-order valence-corrected chi connectivity index (χ3v) is 2.00. The lowest BCUT2D eigenvalue weighted by Crippen LogP contribution is -2.20. The molecule has 0 aliphatic heterocycles. The summed E-state index contributed by atoms with van der Waals surface area (Å²) in [4.78, 5) is 10.6. The number of hydrogen-bond donors (Lipinski definition) is 2. The molecule has 0 fully saturated rings. The van der Waals surface area contributed by atoms with Gasteiger partial charge in [-0.05, 0) is 24.1 Å². The molecule has 72 valence electrons. The van der Waals surface area contributed by atoms with Gasteiger partial charge in [0.25, 0.3) is 0 Å². The van der Waals surface area contributed by atoms with Crippen LogP contribution in [0.25, 0.3) is 0 Å². The van der Waals surface area contributed by atoms with Crippen molar-refractivity contribution in [2.75, 3.05) is 0 Å². The number of aliphatic carboxylic acids is 1. The smallest absolute Gasteiger partial charge is 0.325 e. The fraction of sp³-hybridized carbons (Fsp3) is 0.200. The van der Waals surface area contributed by atoms with E-state index in [2.05, 4.69) is 0 Å². The first-order valence-electron chi connectivity index (χ1n) is 4.05. The highest BCUT2D eigenvalue weighted by Gasteiger charge is 2.14. The van der Waals surface area contributed by atoms with Crippen molar-refractivity contribution >= 4 is 5.97 Å². The van der Waals surface area contributed by atoms with Gasteiger partial charge >= 0.3 is 5.97 Å². The molecule has 0 saturated carbocycles. The van der Waals surface area contributed by atoms with E-state index in [4.69, 9.17) is 16.1 Å². The number of aryl methyl sites for hydroxylation is 1. The minimum Gasteiger partial charge on any atom is -0.480 e. The first kappa shape index (κ1) is 10.2. The summed E-state index contributed by atoms with van der Waals surface area (Å²) >= 11 is 0. The lowest BCUT2D eigenvalue weighted by Gasteiger charge is -2.07. The summed E-state index contributed by atoms with van der Waals surface area (Å²) in [6.45, 7) is 1.75. The maximum absolute atomic E-state index is 10.6. The Morgan fingerprint density at radius 2 is 2.29 bits per heavy atom. The van der Waals surface area contributed by atoms with Crippen LogP contribution < -0.4 is 5.73 Å². The van der Waals surface area contributed by atoms with Gasteiger partial charge in [-0.2, -0.15) is 5.26 Å². The molecular formula is C10H10N2O2. The molecule has 1 unspecified atom stereocenters. The number of rotatable bonds is 2. The van der Waals surface area contributed by atoms with Crippen molar-refractivity contribution in [3.8, 4) is 6.07 Å².